The van der Waals surface area contributed by atoms with Crippen LogP contribution in [-0.2, 0) is 6.54 Å². The van der Waals surface area contributed by atoms with Crippen LogP contribution in [0.1, 0.15) is 5.56 Å². The molecular formula is C8H7Cl2NS2. The Hall–Kier alpha value is 0.0400. The Kier molecular flexibility index (Phi) is 4.32. The molecule has 13 heavy (non-hydrogen) atoms. The summed E-state index contributed by atoms with van der Waals surface area (Å²) in [6.45, 7) is 0.610. The zero-order valence-corrected chi connectivity index (χ0v) is 9.77. The first-order valence-electron chi connectivity index (χ1n) is 3.50. The van der Waals surface area contributed by atoms with Crippen LogP contribution in [0.2, 0.25) is 10.0 Å². The van der Waals surface area contributed by atoms with E-state index in [1.807, 2.05) is 6.07 Å². The molecule has 0 aliphatic rings. The molecule has 0 saturated carbocycles. The van der Waals surface area contributed by atoms with Crippen LogP contribution >= 0.6 is 48.0 Å². The second-order valence-corrected chi connectivity index (χ2v) is 4.38. The topological polar surface area (TPSA) is 12.0 Å². The maximum Gasteiger partial charge on any atom is 0.130 e. The van der Waals surface area contributed by atoms with Crippen molar-refractivity contribution in [3.8, 4) is 0 Å². The maximum absolute atomic E-state index is 5.82. The zero-order chi connectivity index (χ0) is 9.84. The summed E-state index contributed by atoms with van der Waals surface area (Å²) < 4.78 is 0.464. The van der Waals surface area contributed by atoms with Crippen molar-refractivity contribution < 1.29 is 0 Å². The summed E-state index contributed by atoms with van der Waals surface area (Å²) in [4.78, 5) is 0. The smallest absolute Gasteiger partial charge is 0.130 e. The Bertz CT molecular complexity index is 328. The van der Waals surface area contributed by atoms with Gasteiger partial charge in [-0.05, 0) is 17.7 Å². The number of nitrogens with one attached hydrogen (secondary N) is 1. The van der Waals surface area contributed by atoms with Gasteiger partial charge in [-0.3, -0.25) is 0 Å². The third kappa shape index (κ3) is 3.73. The van der Waals surface area contributed by atoms with E-state index in [1.165, 1.54) is 0 Å². The second-order valence-electron chi connectivity index (χ2n) is 2.41. The highest BCUT2D eigenvalue weighted by atomic mass is 35.5. The fourth-order valence-electron chi connectivity index (χ4n) is 0.827. The first-order chi connectivity index (χ1) is 6.09. The molecule has 0 unspecified atom stereocenters. The molecule has 0 aliphatic heterocycles. The number of thiocarbonyl (C=S) groups is 1. The van der Waals surface area contributed by atoms with Crippen molar-refractivity contribution in [1.82, 2.24) is 5.32 Å². The van der Waals surface area contributed by atoms with Gasteiger partial charge in [-0.25, -0.2) is 0 Å². The van der Waals surface area contributed by atoms with Crippen LogP contribution in [0.3, 0.4) is 0 Å². The summed E-state index contributed by atoms with van der Waals surface area (Å²) in [6.07, 6.45) is 0. The van der Waals surface area contributed by atoms with Crippen molar-refractivity contribution >= 4 is 52.4 Å². The zero-order valence-electron chi connectivity index (χ0n) is 6.55. The molecule has 1 rings (SSSR count). The van der Waals surface area contributed by atoms with E-state index in [0.29, 0.717) is 20.9 Å². The summed E-state index contributed by atoms with van der Waals surface area (Å²) in [5, 5.41) is 4.00. The minimum atomic E-state index is 0.464. The van der Waals surface area contributed by atoms with Crippen molar-refractivity contribution in [2.75, 3.05) is 0 Å². The maximum atomic E-state index is 5.82. The lowest BCUT2D eigenvalue weighted by molar-refractivity contribution is 0.940. The predicted molar refractivity (Wildman–Crippen MR) is 64.9 cm³/mol. The largest absolute Gasteiger partial charge is 0.367 e. The number of rotatable bonds is 2. The van der Waals surface area contributed by atoms with Gasteiger partial charge in [-0.2, -0.15) is 0 Å². The van der Waals surface area contributed by atoms with Gasteiger partial charge in [0.15, 0.2) is 0 Å². The van der Waals surface area contributed by atoms with E-state index in [4.69, 9.17) is 35.4 Å². The first-order valence-corrected chi connectivity index (χ1v) is 5.11. The fraction of sp³-hybridized carbons (Fsp3) is 0.125. The second kappa shape index (κ2) is 5.05. The average molecular weight is 252 g/mol. The van der Waals surface area contributed by atoms with Gasteiger partial charge in [0.25, 0.3) is 0 Å². The van der Waals surface area contributed by atoms with Crippen molar-refractivity contribution in [2.24, 2.45) is 0 Å². The molecule has 1 aromatic rings. The first kappa shape index (κ1) is 11.1. The summed E-state index contributed by atoms with van der Waals surface area (Å²) in [5.41, 5.74) is 1.02. The van der Waals surface area contributed by atoms with E-state index in [-0.39, 0.29) is 0 Å². The molecule has 1 aromatic carbocycles. The third-order valence-corrected chi connectivity index (χ3v) is 2.47. The van der Waals surface area contributed by atoms with Gasteiger partial charge in [0, 0.05) is 6.54 Å². The summed E-state index contributed by atoms with van der Waals surface area (Å²) in [7, 11) is 0. The molecule has 70 valence electrons. The third-order valence-electron chi connectivity index (χ3n) is 1.43. The predicted octanol–water partition coefficient (Wildman–Crippen LogP) is 3.30. The van der Waals surface area contributed by atoms with E-state index in [0.717, 1.165) is 5.56 Å². The molecule has 0 saturated heterocycles. The SMILES string of the molecule is S=C(S)NCc1ccc(Cl)c(Cl)c1. The van der Waals surface area contributed by atoms with Crippen molar-refractivity contribution in [3.63, 3.8) is 0 Å². The van der Waals surface area contributed by atoms with Crippen LogP contribution in [0.15, 0.2) is 18.2 Å². The van der Waals surface area contributed by atoms with E-state index >= 15 is 0 Å². The molecule has 0 bridgehead atoms. The molecule has 0 spiro atoms. The standard InChI is InChI=1S/C8H7Cl2NS2/c9-6-2-1-5(3-7(6)10)4-11-8(12)13/h1-3H,4H2,(H2,11,12,13). The lowest BCUT2D eigenvalue weighted by atomic mass is 10.2. The normalized spacial score (nSPS) is 9.77. The van der Waals surface area contributed by atoms with Gasteiger partial charge in [0.1, 0.15) is 4.32 Å². The fourth-order valence-corrected chi connectivity index (χ4v) is 1.30. The molecule has 0 atom stereocenters. The monoisotopic (exact) mass is 251 g/mol. The van der Waals surface area contributed by atoms with Crippen LogP contribution in [-0.4, -0.2) is 4.32 Å². The highest BCUT2D eigenvalue weighted by Crippen LogP contribution is 2.22. The molecule has 0 fully saturated rings. The van der Waals surface area contributed by atoms with Crippen LogP contribution in [0.5, 0.6) is 0 Å². The number of hydrogen-bond donors (Lipinski definition) is 2. The van der Waals surface area contributed by atoms with Gasteiger partial charge >= 0.3 is 0 Å². The molecule has 1 nitrogen and oxygen atoms in total. The Labute approximate surface area is 97.8 Å². The van der Waals surface area contributed by atoms with E-state index in [9.17, 15) is 0 Å². The minimum absolute atomic E-state index is 0.464. The molecule has 0 aromatic heterocycles. The summed E-state index contributed by atoms with van der Waals surface area (Å²) in [6, 6.07) is 5.43. The van der Waals surface area contributed by atoms with Gasteiger partial charge in [-0.1, -0.05) is 41.5 Å². The van der Waals surface area contributed by atoms with Crippen molar-refractivity contribution in [1.29, 1.82) is 0 Å². The molecule has 1 N–H and O–H groups in total. The van der Waals surface area contributed by atoms with Gasteiger partial charge in [0.05, 0.1) is 10.0 Å². The van der Waals surface area contributed by atoms with Crippen LogP contribution in [0.4, 0.5) is 0 Å². The molecule has 0 aliphatic carbocycles. The number of thiol groups is 1. The van der Waals surface area contributed by atoms with Gasteiger partial charge < -0.3 is 5.32 Å². The van der Waals surface area contributed by atoms with E-state index < -0.39 is 0 Å². The average Bonchev–Trinajstić information content (AvgIpc) is 2.07. The van der Waals surface area contributed by atoms with Crippen LogP contribution in [0.25, 0.3) is 0 Å². The highest BCUT2D eigenvalue weighted by Gasteiger charge is 1.98. The van der Waals surface area contributed by atoms with Gasteiger partial charge in [0.2, 0.25) is 0 Å². The number of hydrogen-bond acceptors (Lipinski definition) is 1. The Balaban J connectivity index is 2.68. The van der Waals surface area contributed by atoms with E-state index in [1.54, 1.807) is 12.1 Å². The molecular weight excluding hydrogens is 245 g/mol. The molecule has 0 heterocycles. The van der Waals surface area contributed by atoms with Crippen LogP contribution < -0.4 is 5.32 Å². The lowest BCUT2D eigenvalue weighted by Gasteiger charge is -2.04. The number of halogens is 2. The summed E-state index contributed by atoms with van der Waals surface area (Å²) >= 11 is 20.3. The van der Waals surface area contributed by atoms with Crippen molar-refractivity contribution in [2.45, 2.75) is 6.54 Å². The Morgan fingerprint density at radius 3 is 2.62 bits per heavy atom. The molecule has 0 radical (unpaired) electrons. The summed E-state index contributed by atoms with van der Waals surface area (Å²) in [5.74, 6) is 0. The quantitative estimate of drug-likeness (QED) is 0.618. The molecule has 5 heteroatoms. The molecule has 0 amide bonds. The Morgan fingerprint density at radius 1 is 1.38 bits per heavy atom. The van der Waals surface area contributed by atoms with Gasteiger partial charge in [-0.15, -0.1) is 12.6 Å². The van der Waals surface area contributed by atoms with Crippen molar-refractivity contribution in [3.05, 3.63) is 33.8 Å². The lowest BCUT2D eigenvalue weighted by Crippen LogP contribution is -2.15. The highest BCUT2D eigenvalue weighted by molar-refractivity contribution is 8.11. The van der Waals surface area contributed by atoms with Crippen LogP contribution in [0, 0.1) is 0 Å². The van der Waals surface area contributed by atoms with E-state index in [2.05, 4.69) is 17.9 Å². The Morgan fingerprint density at radius 2 is 2.08 bits per heavy atom. The number of benzene rings is 1. The minimum Gasteiger partial charge on any atom is -0.367 e.